The molecule has 1 aliphatic carbocycles. The molecule has 0 radical (unpaired) electrons. The Bertz CT molecular complexity index is 561. The first kappa shape index (κ1) is 18.6. The third-order valence-corrected chi connectivity index (χ3v) is 4.30. The molecule has 0 heterocycles. The van der Waals surface area contributed by atoms with Crippen molar-refractivity contribution in [1.29, 1.82) is 0 Å². The van der Waals surface area contributed by atoms with Crippen LogP contribution in [0.5, 0.6) is 0 Å². The zero-order chi connectivity index (χ0) is 16.9. The van der Waals surface area contributed by atoms with Crippen molar-refractivity contribution in [3.63, 3.8) is 0 Å². The number of hydrogen-bond acceptors (Lipinski definition) is 2. The number of allylic oxidation sites excluding steroid dienone is 2. The lowest BCUT2D eigenvalue weighted by Gasteiger charge is -2.21. The van der Waals surface area contributed by atoms with Crippen LogP contribution in [0.2, 0.25) is 0 Å². The lowest BCUT2D eigenvalue weighted by molar-refractivity contribution is 0.299. The number of aryl methyl sites for hydroxylation is 1. The minimum absolute atomic E-state index is 0.558. The second kappa shape index (κ2) is 8.28. The first-order valence-corrected chi connectivity index (χ1v) is 8.36. The van der Waals surface area contributed by atoms with Crippen LogP contribution in [0.25, 0.3) is 5.57 Å². The number of rotatable bonds is 3. The second-order valence-corrected chi connectivity index (χ2v) is 6.12. The Kier molecular flexibility index (Phi) is 7.02. The normalized spacial score (nSPS) is 17.0. The van der Waals surface area contributed by atoms with Crippen LogP contribution < -0.4 is 0 Å². The van der Waals surface area contributed by atoms with Gasteiger partial charge in [-0.1, -0.05) is 31.6 Å². The summed E-state index contributed by atoms with van der Waals surface area (Å²) in [5.41, 5.74) is 8.04. The van der Waals surface area contributed by atoms with Gasteiger partial charge in [0, 0.05) is 24.4 Å². The molecule has 0 unspecified atom stereocenters. The van der Waals surface area contributed by atoms with E-state index in [0.717, 1.165) is 5.71 Å². The summed E-state index contributed by atoms with van der Waals surface area (Å²) in [7, 11) is 6.22. The van der Waals surface area contributed by atoms with E-state index in [1.807, 2.05) is 20.9 Å². The highest BCUT2D eigenvalue weighted by Gasteiger charge is 2.24. The van der Waals surface area contributed by atoms with E-state index in [2.05, 4.69) is 63.0 Å². The highest BCUT2D eigenvalue weighted by molar-refractivity contribution is 6.23. The van der Waals surface area contributed by atoms with Crippen molar-refractivity contribution >= 4 is 11.3 Å². The standard InChI is InChI=1S/C18H26N2.C2H6/c1-12(2)18(13(3)19-4)15-8-7-14-9-10-17(20(5)6)16(14)11-15;1-2/h7-8,11,17H,9-10H2,1-6H3;1-2H3/t17-;/m1./s1. The van der Waals surface area contributed by atoms with Crippen molar-refractivity contribution in [2.24, 2.45) is 4.99 Å². The first-order chi connectivity index (χ1) is 10.5. The zero-order valence-electron chi connectivity index (χ0n) is 15.6. The average Bonchev–Trinajstić information content (AvgIpc) is 2.92. The molecule has 0 N–H and O–H groups in total. The van der Waals surface area contributed by atoms with E-state index >= 15 is 0 Å². The maximum absolute atomic E-state index is 4.38. The second-order valence-electron chi connectivity index (χ2n) is 6.12. The summed E-state index contributed by atoms with van der Waals surface area (Å²) >= 11 is 0. The monoisotopic (exact) mass is 300 g/mol. The predicted octanol–water partition coefficient (Wildman–Crippen LogP) is 5.15. The van der Waals surface area contributed by atoms with Crippen LogP contribution in [0.1, 0.15) is 63.8 Å². The van der Waals surface area contributed by atoms with Crippen LogP contribution >= 0.6 is 0 Å². The van der Waals surface area contributed by atoms with Crippen LogP contribution in [0.4, 0.5) is 0 Å². The fourth-order valence-electron chi connectivity index (χ4n) is 3.24. The Morgan fingerprint density at radius 2 is 1.77 bits per heavy atom. The van der Waals surface area contributed by atoms with E-state index < -0.39 is 0 Å². The lowest BCUT2D eigenvalue weighted by atomic mass is 9.94. The summed E-state index contributed by atoms with van der Waals surface area (Å²) in [6.45, 7) is 10.4. The molecule has 2 heteroatoms. The highest BCUT2D eigenvalue weighted by Crippen LogP contribution is 2.36. The Morgan fingerprint density at radius 3 is 2.27 bits per heavy atom. The molecular weight excluding hydrogens is 268 g/mol. The molecule has 122 valence electrons. The van der Waals surface area contributed by atoms with Crippen molar-refractivity contribution in [2.75, 3.05) is 21.1 Å². The third-order valence-electron chi connectivity index (χ3n) is 4.30. The van der Waals surface area contributed by atoms with Gasteiger partial charge in [0.15, 0.2) is 0 Å². The van der Waals surface area contributed by atoms with E-state index in [1.165, 1.54) is 40.7 Å². The van der Waals surface area contributed by atoms with Crippen LogP contribution in [0, 0.1) is 0 Å². The third kappa shape index (κ3) is 3.86. The summed E-state index contributed by atoms with van der Waals surface area (Å²) < 4.78 is 0. The molecule has 2 nitrogen and oxygen atoms in total. The van der Waals surface area contributed by atoms with E-state index in [1.54, 1.807) is 0 Å². The van der Waals surface area contributed by atoms with Gasteiger partial charge in [-0.15, -0.1) is 0 Å². The van der Waals surface area contributed by atoms with Crippen LogP contribution in [-0.4, -0.2) is 31.8 Å². The summed E-state index contributed by atoms with van der Waals surface area (Å²) in [5, 5.41) is 0. The lowest BCUT2D eigenvalue weighted by Crippen LogP contribution is -2.17. The van der Waals surface area contributed by atoms with Crippen molar-refractivity contribution < 1.29 is 0 Å². The maximum Gasteiger partial charge on any atom is 0.0391 e. The van der Waals surface area contributed by atoms with Gasteiger partial charge in [0.05, 0.1) is 0 Å². The molecule has 1 atom stereocenters. The summed E-state index contributed by atoms with van der Waals surface area (Å²) in [4.78, 5) is 6.71. The van der Waals surface area contributed by atoms with Crippen LogP contribution in [0.15, 0.2) is 28.8 Å². The molecule has 22 heavy (non-hydrogen) atoms. The van der Waals surface area contributed by atoms with Gasteiger partial charge in [-0.3, -0.25) is 4.99 Å². The van der Waals surface area contributed by atoms with Gasteiger partial charge in [-0.25, -0.2) is 0 Å². The van der Waals surface area contributed by atoms with Gasteiger partial charge in [0.25, 0.3) is 0 Å². The molecule has 0 amide bonds. The fraction of sp³-hybridized carbons (Fsp3) is 0.550. The van der Waals surface area contributed by atoms with Gasteiger partial charge in [0.2, 0.25) is 0 Å². The van der Waals surface area contributed by atoms with Gasteiger partial charge in [-0.05, 0) is 70.5 Å². The molecule has 1 aromatic rings. The topological polar surface area (TPSA) is 15.6 Å². The van der Waals surface area contributed by atoms with Gasteiger partial charge in [0.1, 0.15) is 0 Å². The minimum Gasteiger partial charge on any atom is -0.302 e. The van der Waals surface area contributed by atoms with Crippen molar-refractivity contribution in [1.82, 2.24) is 4.90 Å². The quantitative estimate of drug-likeness (QED) is 0.705. The van der Waals surface area contributed by atoms with Gasteiger partial charge in [-0.2, -0.15) is 0 Å². The molecule has 0 aromatic heterocycles. The average molecular weight is 300 g/mol. The molecule has 0 saturated heterocycles. The minimum atomic E-state index is 0.558. The molecule has 0 bridgehead atoms. The molecule has 0 aliphatic heterocycles. The molecule has 1 aromatic carbocycles. The van der Waals surface area contributed by atoms with E-state index in [9.17, 15) is 0 Å². The molecule has 1 aliphatic rings. The van der Waals surface area contributed by atoms with Crippen molar-refractivity contribution in [3.8, 4) is 0 Å². The smallest absolute Gasteiger partial charge is 0.0391 e. The molecular formula is C20H32N2. The largest absolute Gasteiger partial charge is 0.302 e. The van der Waals surface area contributed by atoms with Crippen LogP contribution in [-0.2, 0) is 6.42 Å². The number of hydrogen-bond donors (Lipinski definition) is 0. The number of fused-ring (bicyclic) bond motifs is 1. The highest BCUT2D eigenvalue weighted by atomic mass is 15.1. The summed E-state index contributed by atoms with van der Waals surface area (Å²) in [6.07, 6.45) is 2.43. The van der Waals surface area contributed by atoms with E-state index in [-0.39, 0.29) is 0 Å². The van der Waals surface area contributed by atoms with Gasteiger partial charge >= 0.3 is 0 Å². The maximum atomic E-state index is 4.38. The molecule has 0 saturated carbocycles. The summed E-state index contributed by atoms with van der Waals surface area (Å²) in [5.74, 6) is 0. The Morgan fingerprint density at radius 1 is 1.14 bits per heavy atom. The summed E-state index contributed by atoms with van der Waals surface area (Å²) in [6, 6.07) is 7.50. The number of nitrogens with zero attached hydrogens (tertiary/aromatic N) is 2. The SMILES string of the molecule is CC.CN=C(C)C(=C(C)C)c1ccc2c(c1)[C@H](N(C)C)CC2. The van der Waals surface area contributed by atoms with E-state index in [4.69, 9.17) is 0 Å². The molecule has 0 fully saturated rings. The Balaban J connectivity index is 0.00000116. The molecule has 0 spiro atoms. The Labute approximate surface area is 137 Å². The first-order valence-electron chi connectivity index (χ1n) is 8.36. The van der Waals surface area contributed by atoms with E-state index in [0.29, 0.717) is 6.04 Å². The predicted molar refractivity (Wildman–Crippen MR) is 99.8 cm³/mol. The van der Waals surface area contributed by atoms with Crippen LogP contribution in [0.3, 0.4) is 0 Å². The van der Waals surface area contributed by atoms with Crippen molar-refractivity contribution in [3.05, 3.63) is 40.5 Å². The van der Waals surface area contributed by atoms with Gasteiger partial charge < -0.3 is 4.90 Å². The number of benzene rings is 1. The Hall–Kier alpha value is -1.41. The molecule has 2 rings (SSSR count). The number of aliphatic imine (C=N–C) groups is 1. The van der Waals surface area contributed by atoms with Crippen molar-refractivity contribution in [2.45, 2.75) is 53.5 Å². The zero-order valence-corrected chi connectivity index (χ0v) is 15.6. The fourth-order valence-corrected chi connectivity index (χ4v) is 3.24.